The van der Waals surface area contributed by atoms with Crippen molar-refractivity contribution in [1.29, 1.82) is 0 Å². The Hall–Kier alpha value is -2.37. The molecule has 0 N–H and O–H groups in total. The lowest BCUT2D eigenvalue weighted by Crippen LogP contribution is -2.30. The van der Waals surface area contributed by atoms with Crippen LogP contribution in [0.25, 0.3) is 0 Å². The van der Waals surface area contributed by atoms with Crippen molar-refractivity contribution in [2.45, 2.75) is 309 Å². The molecule has 0 bridgehead atoms. The zero-order valence-corrected chi connectivity index (χ0v) is 43.5. The molecule has 0 aliphatic carbocycles. The Labute approximate surface area is 404 Å². The molecule has 380 valence electrons. The summed E-state index contributed by atoms with van der Waals surface area (Å²) < 4.78 is 16.9. The van der Waals surface area contributed by atoms with Crippen molar-refractivity contribution < 1.29 is 28.6 Å². The molecule has 0 aromatic heterocycles. The number of allylic oxidation sites excluding steroid dienone is 6. The molecule has 0 aliphatic rings. The van der Waals surface area contributed by atoms with Crippen LogP contribution in [-0.2, 0) is 28.6 Å². The summed E-state index contributed by atoms with van der Waals surface area (Å²) >= 11 is 0. The van der Waals surface area contributed by atoms with E-state index in [1.165, 1.54) is 186 Å². The van der Waals surface area contributed by atoms with Gasteiger partial charge in [-0.1, -0.05) is 243 Å². The standard InChI is InChI=1S/C59H108O6/c1-4-7-10-13-16-19-22-25-27-29-30-32-34-37-40-43-46-49-52-58(61)64-55-56(54-63-57(60)51-48-45-42-39-36-33-24-21-18-15-12-9-6-3)65-59(62)53-50-47-44-41-38-35-31-28-26-23-20-17-14-11-8-5-2/h19,22,27-29,31,56H,4-18,20-21,23-26,30,32-55H2,1-3H3/b22-19-,29-27-,31-28-. The van der Waals surface area contributed by atoms with Crippen molar-refractivity contribution in [3.63, 3.8) is 0 Å². The van der Waals surface area contributed by atoms with Gasteiger partial charge < -0.3 is 14.2 Å². The molecule has 6 heteroatoms. The number of carbonyl (C=O) groups excluding carboxylic acids is 3. The third kappa shape index (κ3) is 52.5. The lowest BCUT2D eigenvalue weighted by molar-refractivity contribution is -0.167. The highest BCUT2D eigenvalue weighted by Gasteiger charge is 2.19. The first kappa shape index (κ1) is 62.6. The largest absolute Gasteiger partial charge is 0.462 e. The summed E-state index contributed by atoms with van der Waals surface area (Å²) in [4.78, 5) is 38.1. The maximum Gasteiger partial charge on any atom is 0.306 e. The summed E-state index contributed by atoms with van der Waals surface area (Å²) in [6.45, 7) is 6.64. The van der Waals surface area contributed by atoms with Gasteiger partial charge in [-0.3, -0.25) is 14.4 Å². The molecule has 0 fully saturated rings. The van der Waals surface area contributed by atoms with E-state index < -0.39 is 6.10 Å². The zero-order chi connectivity index (χ0) is 47.2. The lowest BCUT2D eigenvalue weighted by Gasteiger charge is -2.18. The Kier molecular flexibility index (Phi) is 52.3. The minimum absolute atomic E-state index is 0.0746. The van der Waals surface area contributed by atoms with Crippen LogP contribution in [0.2, 0.25) is 0 Å². The van der Waals surface area contributed by atoms with E-state index in [0.29, 0.717) is 19.3 Å². The predicted molar refractivity (Wildman–Crippen MR) is 279 cm³/mol. The molecule has 1 unspecified atom stereocenters. The fourth-order valence-electron chi connectivity index (χ4n) is 8.29. The van der Waals surface area contributed by atoms with E-state index in [9.17, 15) is 14.4 Å². The highest BCUT2D eigenvalue weighted by atomic mass is 16.6. The van der Waals surface area contributed by atoms with Gasteiger partial charge in [-0.15, -0.1) is 0 Å². The fourth-order valence-corrected chi connectivity index (χ4v) is 8.29. The van der Waals surface area contributed by atoms with E-state index >= 15 is 0 Å². The van der Waals surface area contributed by atoms with Crippen LogP contribution in [-0.4, -0.2) is 37.2 Å². The van der Waals surface area contributed by atoms with Gasteiger partial charge in [0, 0.05) is 19.3 Å². The van der Waals surface area contributed by atoms with Gasteiger partial charge in [-0.05, 0) is 77.0 Å². The maximum absolute atomic E-state index is 12.8. The molecule has 0 spiro atoms. The summed E-state index contributed by atoms with van der Waals surface area (Å²) in [6.07, 6.45) is 64.1. The number of ether oxygens (including phenoxy) is 3. The Morgan fingerprint density at radius 3 is 0.877 bits per heavy atom. The van der Waals surface area contributed by atoms with Crippen LogP contribution in [0, 0.1) is 0 Å². The molecule has 0 aliphatic heterocycles. The molecule has 0 amide bonds. The second kappa shape index (κ2) is 54.2. The molecule has 0 aromatic carbocycles. The van der Waals surface area contributed by atoms with Gasteiger partial charge in [0.2, 0.25) is 0 Å². The topological polar surface area (TPSA) is 78.9 Å². The van der Waals surface area contributed by atoms with Crippen molar-refractivity contribution in [2.24, 2.45) is 0 Å². The zero-order valence-electron chi connectivity index (χ0n) is 43.5. The van der Waals surface area contributed by atoms with Gasteiger partial charge in [-0.25, -0.2) is 0 Å². The molecule has 0 saturated carbocycles. The normalized spacial score (nSPS) is 12.2. The van der Waals surface area contributed by atoms with Crippen LogP contribution in [0.3, 0.4) is 0 Å². The average molecular weight is 914 g/mol. The molecule has 0 aromatic rings. The van der Waals surface area contributed by atoms with E-state index in [2.05, 4.69) is 57.2 Å². The van der Waals surface area contributed by atoms with E-state index in [1.807, 2.05) is 0 Å². The SMILES string of the molecule is CCCCCC/C=C\C/C=C\CCCCCCCCCC(=O)OCC(COC(=O)CCCCCCCCCCCCCCC)OC(=O)CCCCCCC/C=C\CCCCCCCCC. The Balaban J connectivity index is 4.36. The monoisotopic (exact) mass is 913 g/mol. The minimum atomic E-state index is -0.776. The molecule has 1 atom stereocenters. The number of esters is 3. The van der Waals surface area contributed by atoms with Gasteiger partial charge in [0.1, 0.15) is 13.2 Å². The number of hydrogen-bond acceptors (Lipinski definition) is 6. The Bertz CT molecular complexity index is 1090. The smallest absolute Gasteiger partial charge is 0.306 e. The van der Waals surface area contributed by atoms with E-state index in [0.717, 1.165) is 77.0 Å². The van der Waals surface area contributed by atoms with Crippen molar-refractivity contribution in [2.75, 3.05) is 13.2 Å². The molecule has 0 radical (unpaired) electrons. The second-order valence-corrected chi connectivity index (χ2v) is 19.2. The number of carbonyl (C=O) groups is 3. The quantitative estimate of drug-likeness (QED) is 0.0262. The van der Waals surface area contributed by atoms with E-state index in [4.69, 9.17) is 14.2 Å². The van der Waals surface area contributed by atoms with Crippen molar-refractivity contribution in [3.05, 3.63) is 36.5 Å². The van der Waals surface area contributed by atoms with Crippen LogP contribution in [0.4, 0.5) is 0 Å². The molecule has 0 saturated heterocycles. The highest BCUT2D eigenvalue weighted by molar-refractivity contribution is 5.71. The van der Waals surface area contributed by atoms with Crippen LogP contribution in [0.5, 0.6) is 0 Å². The third-order valence-corrected chi connectivity index (χ3v) is 12.6. The third-order valence-electron chi connectivity index (χ3n) is 12.6. The van der Waals surface area contributed by atoms with E-state index in [1.54, 1.807) is 0 Å². The summed E-state index contributed by atoms with van der Waals surface area (Å²) in [7, 11) is 0. The van der Waals surface area contributed by atoms with Gasteiger partial charge >= 0.3 is 17.9 Å². The molecule has 0 heterocycles. The summed E-state index contributed by atoms with van der Waals surface area (Å²) in [5.41, 5.74) is 0. The van der Waals surface area contributed by atoms with Crippen LogP contribution < -0.4 is 0 Å². The minimum Gasteiger partial charge on any atom is -0.462 e. The first-order valence-electron chi connectivity index (χ1n) is 28.5. The molecular formula is C59H108O6. The maximum atomic E-state index is 12.8. The van der Waals surface area contributed by atoms with Gasteiger partial charge in [0.05, 0.1) is 0 Å². The molecule has 6 nitrogen and oxygen atoms in total. The van der Waals surface area contributed by atoms with Gasteiger partial charge in [-0.2, -0.15) is 0 Å². The van der Waals surface area contributed by atoms with Crippen molar-refractivity contribution in [1.82, 2.24) is 0 Å². The Morgan fingerprint density at radius 1 is 0.308 bits per heavy atom. The molecular weight excluding hydrogens is 805 g/mol. The summed E-state index contributed by atoms with van der Waals surface area (Å²) in [6, 6.07) is 0. The first-order chi connectivity index (χ1) is 32.0. The van der Waals surface area contributed by atoms with Gasteiger partial charge in [0.25, 0.3) is 0 Å². The van der Waals surface area contributed by atoms with Crippen molar-refractivity contribution >= 4 is 17.9 Å². The lowest BCUT2D eigenvalue weighted by atomic mass is 10.0. The number of hydrogen-bond donors (Lipinski definition) is 0. The fraction of sp³-hybridized carbons (Fsp3) is 0.847. The van der Waals surface area contributed by atoms with Gasteiger partial charge in [0.15, 0.2) is 6.10 Å². The van der Waals surface area contributed by atoms with Crippen LogP contribution in [0.1, 0.15) is 303 Å². The number of unbranched alkanes of at least 4 members (excludes halogenated alkanes) is 35. The van der Waals surface area contributed by atoms with Crippen LogP contribution >= 0.6 is 0 Å². The Morgan fingerprint density at radius 2 is 0.554 bits per heavy atom. The summed E-state index contributed by atoms with van der Waals surface area (Å²) in [5, 5.41) is 0. The van der Waals surface area contributed by atoms with E-state index in [-0.39, 0.29) is 31.1 Å². The number of rotatable bonds is 52. The van der Waals surface area contributed by atoms with Crippen LogP contribution in [0.15, 0.2) is 36.5 Å². The predicted octanol–water partition coefficient (Wildman–Crippen LogP) is 18.9. The highest BCUT2D eigenvalue weighted by Crippen LogP contribution is 2.16. The average Bonchev–Trinajstić information content (AvgIpc) is 3.30. The molecule has 0 rings (SSSR count). The summed E-state index contributed by atoms with van der Waals surface area (Å²) in [5.74, 6) is -0.875. The van der Waals surface area contributed by atoms with Crippen molar-refractivity contribution in [3.8, 4) is 0 Å². The molecule has 65 heavy (non-hydrogen) atoms. The first-order valence-corrected chi connectivity index (χ1v) is 28.5. The second-order valence-electron chi connectivity index (χ2n) is 19.2.